The Morgan fingerprint density at radius 1 is 1.32 bits per heavy atom. The lowest BCUT2D eigenvalue weighted by Gasteiger charge is -2.18. The van der Waals surface area contributed by atoms with E-state index in [9.17, 15) is 27.9 Å². The Hall–Kier alpha value is -2.20. The van der Waals surface area contributed by atoms with Gasteiger partial charge in [-0.1, -0.05) is 0 Å². The van der Waals surface area contributed by atoms with Gasteiger partial charge in [0, 0.05) is 31.5 Å². The summed E-state index contributed by atoms with van der Waals surface area (Å²) in [5.74, 6) is -2.53. The molecule has 1 unspecified atom stereocenters. The maximum atomic E-state index is 12.7. The minimum atomic E-state index is -3.65. The van der Waals surface area contributed by atoms with Crippen molar-refractivity contribution >= 4 is 21.9 Å². The Bertz CT molecular complexity index is 859. The Morgan fingerprint density at radius 2 is 1.92 bits per heavy atom. The lowest BCUT2D eigenvalue weighted by Crippen LogP contribution is -2.35. The molecule has 1 aliphatic rings. The van der Waals surface area contributed by atoms with Gasteiger partial charge in [0.25, 0.3) is 5.91 Å². The summed E-state index contributed by atoms with van der Waals surface area (Å²) < 4.78 is 23.9. The highest BCUT2D eigenvalue weighted by molar-refractivity contribution is 7.89. The molecule has 10 heteroatoms. The van der Waals surface area contributed by atoms with Crippen molar-refractivity contribution in [3.05, 3.63) is 33.7 Å². The van der Waals surface area contributed by atoms with Crippen LogP contribution in [0.5, 0.6) is 0 Å². The zero-order chi connectivity index (χ0) is 18.9. The number of nitrogens with two attached hydrogens (primary N) is 1. The predicted molar refractivity (Wildman–Crippen MR) is 90.0 cm³/mol. The third-order valence-electron chi connectivity index (χ3n) is 4.14. The number of primary sulfonamides is 1. The predicted octanol–water partition coefficient (Wildman–Crippen LogP) is -0.122. The van der Waals surface area contributed by atoms with E-state index in [2.05, 4.69) is 0 Å². The first kappa shape index (κ1) is 19.1. The van der Waals surface area contributed by atoms with Gasteiger partial charge >= 0.3 is 5.97 Å². The van der Waals surface area contributed by atoms with Crippen molar-refractivity contribution in [2.24, 2.45) is 11.1 Å². The van der Waals surface area contributed by atoms with Crippen LogP contribution >= 0.6 is 0 Å². The van der Waals surface area contributed by atoms with Crippen LogP contribution in [-0.4, -0.2) is 53.7 Å². The molecule has 9 nitrogen and oxygen atoms in total. The van der Waals surface area contributed by atoms with E-state index in [0.29, 0.717) is 6.42 Å². The number of carboxylic acid groups (broad SMARTS) is 1. The van der Waals surface area contributed by atoms with Crippen LogP contribution < -0.4 is 10.6 Å². The van der Waals surface area contributed by atoms with E-state index < -0.39 is 32.9 Å². The van der Waals surface area contributed by atoms with Gasteiger partial charge in [0.2, 0.25) is 15.5 Å². The average molecular weight is 371 g/mol. The van der Waals surface area contributed by atoms with Crippen LogP contribution in [0.3, 0.4) is 0 Å². The maximum absolute atomic E-state index is 12.7. The van der Waals surface area contributed by atoms with Gasteiger partial charge in [-0.25, -0.2) is 18.4 Å². The van der Waals surface area contributed by atoms with Crippen molar-refractivity contribution in [1.29, 1.82) is 0 Å². The van der Waals surface area contributed by atoms with Crippen LogP contribution in [0.4, 0.5) is 0 Å². The average Bonchev–Trinajstić information content (AvgIpc) is 2.92. The second kappa shape index (κ2) is 6.96. The number of hydrogen-bond acceptors (Lipinski definition) is 5. The first-order chi connectivity index (χ1) is 11.5. The quantitative estimate of drug-likeness (QED) is 0.739. The van der Waals surface area contributed by atoms with Crippen LogP contribution in [0.25, 0.3) is 0 Å². The number of sulfonamides is 1. The minimum absolute atomic E-state index is 0.140. The van der Waals surface area contributed by atoms with Gasteiger partial charge in [-0.05, 0) is 26.2 Å². The highest BCUT2D eigenvalue weighted by atomic mass is 32.2. The van der Waals surface area contributed by atoms with Gasteiger partial charge in [0.05, 0.1) is 5.75 Å². The second-order valence-corrected chi connectivity index (χ2v) is 8.16. The monoisotopic (exact) mass is 371 g/mol. The number of aromatic carboxylic acids is 1. The molecule has 0 aliphatic carbocycles. The molecule has 1 fully saturated rings. The maximum Gasteiger partial charge on any atom is 0.341 e. The van der Waals surface area contributed by atoms with Gasteiger partial charge in [0.15, 0.2) is 0 Å². The van der Waals surface area contributed by atoms with Crippen molar-refractivity contribution in [1.82, 2.24) is 9.47 Å². The molecule has 0 bridgehead atoms. The molecule has 0 radical (unpaired) electrons. The van der Waals surface area contributed by atoms with E-state index in [4.69, 9.17) is 5.14 Å². The summed E-state index contributed by atoms with van der Waals surface area (Å²) in [4.78, 5) is 37.7. The number of nitrogens with zero attached hydrogens (tertiary/aromatic N) is 2. The van der Waals surface area contributed by atoms with Crippen molar-refractivity contribution < 1.29 is 23.1 Å². The number of hydrogen-bond donors (Lipinski definition) is 2. The fourth-order valence-electron chi connectivity index (χ4n) is 2.85. The van der Waals surface area contributed by atoms with E-state index in [1.165, 1.54) is 21.9 Å². The Balaban J connectivity index is 2.33. The molecule has 1 aromatic heterocycles. The van der Waals surface area contributed by atoms with E-state index >= 15 is 0 Å². The van der Waals surface area contributed by atoms with Gasteiger partial charge in [-0.3, -0.25) is 9.59 Å². The van der Waals surface area contributed by atoms with Gasteiger partial charge in [0.1, 0.15) is 11.1 Å². The number of carbonyl (C=O) groups is 2. The Labute approximate surface area is 145 Å². The normalized spacial score (nSPS) is 17.9. The van der Waals surface area contributed by atoms with Crippen LogP contribution in [0.15, 0.2) is 17.2 Å². The Kier molecular flexibility index (Phi) is 5.33. The smallest absolute Gasteiger partial charge is 0.341 e. The van der Waals surface area contributed by atoms with Gasteiger partial charge in [-0.15, -0.1) is 0 Å². The summed E-state index contributed by atoms with van der Waals surface area (Å²) in [5, 5.41) is 14.2. The molecular weight excluding hydrogens is 350 g/mol. The first-order valence-corrected chi connectivity index (χ1v) is 9.50. The van der Waals surface area contributed by atoms with E-state index in [-0.39, 0.29) is 36.4 Å². The lowest BCUT2D eigenvalue weighted by atomic mass is 10.1. The highest BCUT2D eigenvalue weighted by Crippen LogP contribution is 2.19. The highest BCUT2D eigenvalue weighted by Gasteiger charge is 2.31. The van der Waals surface area contributed by atoms with E-state index in [1.807, 2.05) is 0 Å². The number of aromatic nitrogens is 1. The van der Waals surface area contributed by atoms with Crippen molar-refractivity contribution in [2.75, 3.05) is 18.8 Å². The molecule has 2 rings (SSSR count). The third-order valence-corrected chi connectivity index (χ3v) is 5.08. The minimum Gasteiger partial charge on any atom is -0.477 e. The summed E-state index contributed by atoms with van der Waals surface area (Å²) in [7, 11) is -3.65. The number of amides is 1. The third kappa shape index (κ3) is 4.45. The molecule has 0 aromatic carbocycles. The summed E-state index contributed by atoms with van der Waals surface area (Å²) >= 11 is 0. The summed E-state index contributed by atoms with van der Waals surface area (Å²) in [6, 6.07) is -0.140. The SMILES string of the molecule is CC(C)n1cc(C(=O)O)c(=O)c(C(=O)N2CCC(CS(N)(=O)=O)C2)c1. The number of carbonyl (C=O) groups excluding carboxylic acids is 1. The molecule has 138 valence electrons. The largest absolute Gasteiger partial charge is 0.477 e. The molecule has 0 saturated carbocycles. The van der Waals surface area contributed by atoms with Crippen molar-refractivity contribution in [3.63, 3.8) is 0 Å². The van der Waals surface area contributed by atoms with Crippen molar-refractivity contribution in [3.8, 4) is 0 Å². The molecule has 0 spiro atoms. The van der Waals surface area contributed by atoms with E-state index in [1.54, 1.807) is 13.8 Å². The topological polar surface area (TPSA) is 140 Å². The molecular formula is C15H21N3O6S. The fourth-order valence-corrected chi connectivity index (χ4v) is 3.78. The number of likely N-dealkylation sites (tertiary alicyclic amines) is 1. The number of rotatable bonds is 5. The molecule has 1 saturated heterocycles. The molecule has 1 aliphatic heterocycles. The molecule has 3 N–H and O–H groups in total. The molecule has 2 heterocycles. The Morgan fingerprint density at radius 3 is 2.44 bits per heavy atom. The molecule has 1 atom stereocenters. The zero-order valence-corrected chi connectivity index (χ0v) is 14.8. The number of pyridine rings is 1. The van der Waals surface area contributed by atoms with Crippen LogP contribution in [-0.2, 0) is 10.0 Å². The zero-order valence-electron chi connectivity index (χ0n) is 14.0. The van der Waals surface area contributed by atoms with Gasteiger partial charge in [-0.2, -0.15) is 0 Å². The van der Waals surface area contributed by atoms with Gasteiger partial charge < -0.3 is 14.6 Å². The van der Waals surface area contributed by atoms with E-state index in [0.717, 1.165) is 0 Å². The van der Waals surface area contributed by atoms with Crippen LogP contribution in [0, 0.1) is 5.92 Å². The molecule has 1 aromatic rings. The fraction of sp³-hybridized carbons (Fsp3) is 0.533. The van der Waals surface area contributed by atoms with Crippen molar-refractivity contribution in [2.45, 2.75) is 26.3 Å². The van der Waals surface area contributed by atoms with Crippen LogP contribution in [0.2, 0.25) is 0 Å². The molecule has 1 amide bonds. The summed E-state index contributed by atoms with van der Waals surface area (Å²) in [6.07, 6.45) is 3.01. The first-order valence-electron chi connectivity index (χ1n) is 7.78. The lowest BCUT2D eigenvalue weighted by molar-refractivity contribution is 0.0694. The molecule has 25 heavy (non-hydrogen) atoms. The number of carboxylic acids is 1. The summed E-state index contributed by atoms with van der Waals surface area (Å²) in [6.45, 7) is 4.04. The standard InChI is InChI=1S/C15H21N3O6S/c1-9(2)18-6-11(13(19)12(7-18)15(21)22)14(20)17-4-3-10(5-17)8-25(16,23)24/h6-7,9-10H,3-5,8H2,1-2H3,(H,21,22)(H2,16,23,24). The summed E-state index contributed by atoms with van der Waals surface area (Å²) in [5.41, 5.74) is -1.55. The van der Waals surface area contributed by atoms with Crippen LogP contribution in [0.1, 0.15) is 47.0 Å². The second-order valence-electron chi connectivity index (χ2n) is 6.50.